The van der Waals surface area contributed by atoms with E-state index >= 15 is 0 Å². The van der Waals surface area contributed by atoms with E-state index in [1.165, 1.54) is 0 Å². The molecule has 0 saturated carbocycles. The van der Waals surface area contributed by atoms with Crippen LogP contribution < -0.4 is 0 Å². The van der Waals surface area contributed by atoms with Crippen molar-refractivity contribution in [1.82, 2.24) is 4.90 Å². The summed E-state index contributed by atoms with van der Waals surface area (Å²) in [6.45, 7) is 7.52. The molecule has 108 valence electrons. The van der Waals surface area contributed by atoms with Crippen LogP contribution in [0.2, 0.25) is 0 Å². The predicted octanol–water partition coefficient (Wildman–Crippen LogP) is 2.60. The zero-order valence-electron chi connectivity index (χ0n) is 12.6. The fourth-order valence-corrected chi connectivity index (χ4v) is 2.11. The second-order valence-corrected chi connectivity index (χ2v) is 4.78. The Bertz CT molecular complexity index is 505. The van der Waals surface area contributed by atoms with Gasteiger partial charge in [-0.1, -0.05) is 25.7 Å². The molecular formula is C17H23NO2. The van der Waals surface area contributed by atoms with Gasteiger partial charge in [0, 0.05) is 24.2 Å². The van der Waals surface area contributed by atoms with Crippen LogP contribution in [0.3, 0.4) is 0 Å². The molecule has 0 aliphatic rings. The molecule has 0 saturated heterocycles. The minimum Gasteiger partial charge on any atom is -0.384 e. The highest BCUT2D eigenvalue weighted by Gasteiger charge is 2.14. The van der Waals surface area contributed by atoms with Gasteiger partial charge >= 0.3 is 0 Å². The van der Waals surface area contributed by atoms with E-state index in [9.17, 15) is 4.79 Å². The smallest absolute Gasteiger partial charge is 0.253 e. The van der Waals surface area contributed by atoms with Gasteiger partial charge in [0.15, 0.2) is 0 Å². The summed E-state index contributed by atoms with van der Waals surface area (Å²) < 4.78 is 0. The van der Waals surface area contributed by atoms with Crippen LogP contribution in [0.5, 0.6) is 0 Å². The normalized spacial score (nSPS) is 9.80. The summed E-state index contributed by atoms with van der Waals surface area (Å²) in [6, 6.07) is 5.54. The van der Waals surface area contributed by atoms with Crippen molar-refractivity contribution >= 4 is 5.91 Å². The number of nitrogens with zero attached hydrogens (tertiary/aromatic N) is 1. The molecule has 1 N–H and O–H groups in total. The molecule has 20 heavy (non-hydrogen) atoms. The van der Waals surface area contributed by atoms with Crippen molar-refractivity contribution in [3.05, 3.63) is 34.9 Å². The average molecular weight is 273 g/mol. The Morgan fingerprint density at radius 1 is 1.25 bits per heavy atom. The molecule has 0 aliphatic heterocycles. The summed E-state index contributed by atoms with van der Waals surface area (Å²) in [5.74, 6) is 5.59. The molecule has 3 nitrogen and oxygen atoms in total. The molecular weight excluding hydrogens is 250 g/mol. The van der Waals surface area contributed by atoms with Gasteiger partial charge in [-0.2, -0.15) is 0 Å². The lowest BCUT2D eigenvalue weighted by Crippen LogP contribution is -2.32. The van der Waals surface area contributed by atoms with Gasteiger partial charge in [0.1, 0.15) is 6.61 Å². The van der Waals surface area contributed by atoms with E-state index in [0.717, 1.165) is 37.1 Å². The second kappa shape index (κ2) is 8.39. The summed E-state index contributed by atoms with van der Waals surface area (Å²) >= 11 is 0. The number of aliphatic hydroxyl groups is 1. The van der Waals surface area contributed by atoms with Gasteiger partial charge in [-0.05, 0) is 43.5 Å². The summed E-state index contributed by atoms with van der Waals surface area (Å²) in [6.07, 6.45) is 1.93. The molecule has 0 atom stereocenters. The molecule has 0 unspecified atom stereocenters. The van der Waals surface area contributed by atoms with E-state index in [1.807, 2.05) is 30.0 Å². The zero-order valence-corrected chi connectivity index (χ0v) is 12.6. The lowest BCUT2D eigenvalue weighted by Gasteiger charge is -2.21. The van der Waals surface area contributed by atoms with Crippen LogP contribution in [-0.2, 0) is 0 Å². The van der Waals surface area contributed by atoms with Crippen LogP contribution in [0, 0.1) is 18.8 Å². The third kappa shape index (κ3) is 4.40. The first-order valence-corrected chi connectivity index (χ1v) is 7.13. The largest absolute Gasteiger partial charge is 0.384 e. The molecule has 1 aromatic carbocycles. The number of carbonyl (C=O) groups excluding carboxylic acids is 1. The highest BCUT2D eigenvalue weighted by atomic mass is 16.2. The highest BCUT2D eigenvalue weighted by Crippen LogP contribution is 2.13. The number of hydrogen-bond acceptors (Lipinski definition) is 2. The Balaban J connectivity index is 2.95. The molecule has 1 amide bonds. The summed E-state index contributed by atoms with van der Waals surface area (Å²) in [7, 11) is 0. The second-order valence-electron chi connectivity index (χ2n) is 4.78. The molecule has 3 heteroatoms. The third-order valence-corrected chi connectivity index (χ3v) is 3.05. The van der Waals surface area contributed by atoms with Gasteiger partial charge in [0.25, 0.3) is 5.91 Å². The molecule has 0 radical (unpaired) electrons. The Kier molecular flexibility index (Phi) is 6.83. The van der Waals surface area contributed by atoms with Gasteiger partial charge in [0.2, 0.25) is 0 Å². The summed E-state index contributed by atoms with van der Waals surface area (Å²) in [5.41, 5.74) is 2.52. The number of hydrogen-bond donors (Lipinski definition) is 1. The third-order valence-electron chi connectivity index (χ3n) is 3.05. The van der Waals surface area contributed by atoms with E-state index in [2.05, 4.69) is 25.7 Å². The lowest BCUT2D eigenvalue weighted by molar-refractivity contribution is 0.0755. The Hall–Kier alpha value is -1.79. The summed E-state index contributed by atoms with van der Waals surface area (Å²) in [5, 5.41) is 8.72. The van der Waals surface area contributed by atoms with E-state index < -0.39 is 0 Å². The van der Waals surface area contributed by atoms with Gasteiger partial charge in [-0.25, -0.2) is 0 Å². The molecule has 0 heterocycles. The predicted molar refractivity (Wildman–Crippen MR) is 81.6 cm³/mol. The van der Waals surface area contributed by atoms with Crippen LogP contribution in [0.1, 0.15) is 48.2 Å². The molecule has 0 aromatic heterocycles. The van der Waals surface area contributed by atoms with Crippen molar-refractivity contribution in [2.24, 2.45) is 0 Å². The van der Waals surface area contributed by atoms with Crippen molar-refractivity contribution in [1.29, 1.82) is 0 Å². The van der Waals surface area contributed by atoms with Gasteiger partial charge in [-0.3, -0.25) is 4.79 Å². The lowest BCUT2D eigenvalue weighted by atomic mass is 10.0. The Morgan fingerprint density at radius 2 is 1.90 bits per heavy atom. The minimum absolute atomic E-state index is 0.0819. The first-order valence-electron chi connectivity index (χ1n) is 7.13. The number of aliphatic hydroxyl groups excluding tert-OH is 1. The van der Waals surface area contributed by atoms with Crippen molar-refractivity contribution in [2.75, 3.05) is 19.7 Å². The maximum atomic E-state index is 12.5. The minimum atomic E-state index is -0.152. The topological polar surface area (TPSA) is 40.5 Å². The van der Waals surface area contributed by atoms with Gasteiger partial charge in [0.05, 0.1) is 0 Å². The number of benzene rings is 1. The average Bonchev–Trinajstić information content (AvgIpc) is 2.45. The maximum absolute atomic E-state index is 12.5. The first kappa shape index (κ1) is 16.3. The fraction of sp³-hybridized carbons (Fsp3) is 0.471. The van der Waals surface area contributed by atoms with Crippen molar-refractivity contribution in [3.8, 4) is 11.8 Å². The van der Waals surface area contributed by atoms with E-state index in [0.29, 0.717) is 5.56 Å². The molecule has 0 aliphatic carbocycles. The number of amides is 1. The Morgan fingerprint density at radius 3 is 2.40 bits per heavy atom. The van der Waals surface area contributed by atoms with Crippen LogP contribution in [-0.4, -0.2) is 35.6 Å². The standard InChI is InChI=1S/C17H23NO2/c1-4-10-18(11-5-2)17(20)16-9-8-15(7-6-12-19)14(3)13-16/h8-9,13,19H,4-5,10-12H2,1-3H3. The molecule has 0 bridgehead atoms. The fourth-order valence-electron chi connectivity index (χ4n) is 2.11. The van der Waals surface area contributed by atoms with Crippen molar-refractivity contribution < 1.29 is 9.90 Å². The molecule has 1 rings (SSSR count). The highest BCUT2D eigenvalue weighted by molar-refractivity contribution is 5.94. The van der Waals surface area contributed by atoms with E-state index in [1.54, 1.807) is 0 Å². The SMILES string of the molecule is CCCN(CCC)C(=O)c1ccc(C#CCO)c(C)c1. The van der Waals surface area contributed by atoms with Crippen LogP contribution in [0.25, 0.3) is 0 Å². The monoisotopic (exact) mass is 273 g/mol. The quantitative estimate of drug-likeness (QED) is 0.838. The van der Waals surface area contributed by atoms with Crippen LogP contribution >= 0.6 is 0 Å². The van der Waals surface area contributed by atoms with Crippen molar-refractivity contribution in [3.63, 3.8) is 0 Å². The van der Waals surface area contributed by atoms with Gasteiger partial charge in [-0.15, -0.1) is 0 Å². The van der Waals surface area contributed by atoms with Crippen LogP contribution in [0.4, 0.5) is 0 Å². The number of aryl methyl sites for hydroxylation is 1. The zero-order chi connectivity index (χ0) is 15.0. The molecule has 0 fully saturated rings. The van der Waals surface area contributed by atoms with Crippen LogP contribution in [0.15, 0.2) is 18.2 Å². The number of carbonyl (C=O) groups is 1. The first-order chi connectivity index (χ1) is 9.63. The van der Waals surface area contributed by atoms with E-state index in [4.69, 9.17) is 5.11 Å². The van der Waals surface area contributed by atoms with Gasteiger partial charge < -0.3 is 10.0 Å². The van der Waals surface area contributed by atoms with Crippen molar-refractivity contribution in [2.45, 2.75) is 33.6 Å². The number of rotatable bonds is 5. The summed E-state index contributed by atoms with van der Waals surface area (Å²) in [4.78, 5) is 14.3. The molecule has 1 aromatic rings. The van der Waals surface area contributed by atoms with E-state index in [-0.39, 0.29) is 12.5 Å². The maximum Gasteiger partial charge on any atom is 0.253 e. The Labute approximate surface area is 121 Å². The molecule has 0 spiro atoms.